The summed E-state index contributed by atoms with van der Waals surface area (Å²) in [5.41, 5.74) is 1.34. The minimum absolute atomic E-state index is 0.0357. The van der Waals surface area contributed by atoms with E-state index in [1.165, 1.54) is 4.57 Å². The number of nitrogens with zero attached hydrogens (tertiary/aromatic N) is 2. The van der Waals surface area contributed by atoms with Crippen molar-refractivity contribution in [2.75, 3.05) is 0 Å². The van der Waals surface area contributed by atoms with Crippen LogP contribution in [0.3, 0.4) is 0 Å². The lowest BCUT2D eigenvalue weighted by Gasteiger charge is -2.37. The molecule has 0 atom stereocenters. The molecule has 7 heteroatoms. The van der Waals surface area contributed by atoms with E-state index >= 15 is 0 Å². The van der Waals surface area contributed by atoms with E-state index in [9.17, 15) is 18.0 Å². The zero-order valence-corrected chi connectivity index (χ0v) is 13.9. The molecule has 1 aromatic carbocycles. The average molecular weight is 357 g/mol. The van der Waals surface area contributed by atoms with Gasteiger partial charge in [-0.3, -0.25) is 9.36 Å². The predicted molar refractivity (Wildman–Crippen MR) is 85.8 cm³/mol. The van der Waals surface area contributed by atoms with Crippen LogP contribution in [0, 0.1) is 19.8 Å². The van der Waals surface area contributed by atoms with E-state index < -0.39 is 12.1 Å². The molecule has 0 saturated heterocycles. The normalized spacial score (nSPS) is 20.8. The Hall–Kier alpha value is -1.82. The number of aryl methyl sites for hydroxylation is 1. The van der Waals surface area contributed by atoms with E-state index in [1.54, 1.807) is 38.1 Å². The Labute approximate surface area is 142 Å². The first-order valence-electron chi connectivity index (χ1n) is 7.61. The average Bonchev–Trinajstić information content (AvgIpc) is 2.43. The number of benzene rings is 1. The molecule has 1 aliphatic carbocycles. The van der Waals surface area contributed by atoms with Crippen molar-refractivity contribution in [3.8, 4) is 5.69 Å². The van der Waals surface area contributed by atoms with Gasteiger partial charge in [-0.15, -0.1) is 0 Å². The molecule has 0 bridgehead atoms. The van der Waals surface area contributed by atoms with E-state index in [1.807, 2.05) is 0 Å². The Morgan fingerprint density at radius 3 is 2.29 bits per heavy atom. The predicted octanol–water partition coefficient (Wildman–Crippen LogP) is 4.56. The van der Waals surface area contributed by atoms with Crippen LogP contribution >= 0.6 is 11.6 Å². The van der Waals surface area contributed by atoms with Crippen LogP contribution in [-0.4, -0.2) is 15.7 Å². The number of alkyl halides is 3. The molecule has 128 valence electrons. The van der Waals surface area contributed by atoms with Gasteiger partial charge in [0, 0.05) is 22.2 Å². The first kappa shape index (κ1) is 17.0. The van der Waals surface area contributed by atoms with Gasteiger partial charge in [0.2, 0.25) is 0 Å². The summed E-state index contributed by atoms with van der Waals surface area (Å²) in [5.74, 6) is -1.30. The van der Waals surface area contributed by atoms with Crippen LogP contribution in [0.25, 0.3) is 5.69 Å². The third-order valence-corrected chi connectivity index (χ3v) is 4.88. The van der Waals surface area contributed by atoms with Crippen LogP contribution in [0.15, 0.2) is 29.1 Å². The molecule has 3 rings (SSSR count). The van der Waals surface area contributed by atoms with Crippen molar-refractivity contribution in [1.82, 2.24) is 9.55 Å². The molecular weight excluding hydrogens is 341 g/mol. The summed E-state index contributed by atoms with van der Waals surface area (Å²) in [6.45, 7) is 3.37. The Balaban J connectivity index is 2.06. The van der Waals surface area contributed by atoms with Crippen LogP contribution in [0.2, 0.25) is 5.02 Å². The first-order chi connectivity index (χ1) is 11.2. The second-order valence-corrected chi connectivity index (χ2v) is 6.64. The van der Waals surface area contributed by atoms with Gasteiger partial charge >= 0.3 is 6.18 Å². The van der Waals surface area contributed by atoms with Crippen molar-refractivity contribution in [2.24, 2.45) is 5.92 Å². The maximum atomic E-state index is 12.8. The van der Waals surface area contributed by atoms with Gasteiger partial charge in [-0.2, -0.15) is 13.2 Å². The maximum absolute atomic E-state index is 12.8. The molecule has 0 spiro atoms. The maximum Gasteiger partial charge on any atom is 0.391 e. The molecule has 1 aromatic heterocycles. The summed E-state index contributed by atoms with van der Waals surface area (Å²) in [5, 5.41) is 0.519. The van der Waals surface area contributed by atoms with Gasteiger partial charge in [0.05, 0.1) is 11.6 Å². The molecule has 0 unspecified atom stereocenters. The summed E-state index contributed by atoms with van der Waals surface area (Å²) in [4.78, 5) is 17.1. The fourth-order valence-electron chi connectivity index (χ4n) is 2.94. The number of hydrogen-bond acceptors (Lipinski definition) is 2. The minimum Gasteiger partial charge on any atom is -0.269 e. The van der Waals surface area contributed by atoms with Gasteiger partial charge in [-0.1, -0.05) is 11.6 Å². The van der Waals surface area contributed by atoms with Crippen molar-refractivity contribution in [1.29, 1.82) is 0 Å². The van der Waals surface area contributed by atoms with Crippen LogP contribution in [0.1, 0.15) is 35.8 Å². The highest BCUT2D eigenvalue weighted by Gasteiger charge is 2.49. The lowest BCUT2D eigenvalue weighted by Crippen LogP contribution is -2.38. The third kappa shape index (κ3) is 2.95. The zero-order valence-electron chi connectivity index (χ0n) is 13.2. The summed E-state index contributed by atoms with van der Waals surface area (Å²) in [6, 6.07) is 6.62. The Morgan fingerprint density at radius 2 is 1.75 bits per heavy atom. The molecule has 0 radical (unpaired) electrons. The van der Waals surface area contributed by atoms with Crippen molar-refractivity contribution < 1.29 is 13.2 Å². The molecule has 1 fully saturated rings. The van der Waals surface area contributed by atoms with Gasteiger partial charge in [-0.05, 0) is 51.0 Å². The van der Waals surface area contributed by atoms with E-state index in [-0.39, 0.29) is 24.3 Å². The highest BCUT2D eigenvalue weighted by atomic mass is 35.5. The van der Waals surface area contributed by atoms with E-state index in [2.05, 4.69) is 4.98 Å². The smallest absolute Gasteiger partial charge is 0.269 e. The lowest BCUT2D eigenvalue weighted by atomic mass is 9.73. The standard InChI is InChI=1S/C17H16ClF3N2O/c1-9-10(2)22-15(11-7-12(8-11)17(19,20)21)23(16(9)24)14-5-3-13(18)4-6-14/h3-6,11-12H,7-8H2,1-2H3/t11-,12+. The number of hydrogen-bond donors (Lipinski definition) is 0. The number of rotatable bonds is 2. The fourth-order valence-corrected chi connectivity index (χ4v) is 3.07. The van der Waals surface area contributed by atoms with Gasteiger partial charge in [-0.25, -0.2) is 4.98 Å². The van der Waals surface area contributed by atoms with Crippen LogP contribution in [0.5, 0.6) is 0 Å². The molecule has 1 saturated carbocycles. The van der Waals surface area contributed by atoms with Crippen molar-refractivity contribution in [3.05, 3.63) is 56.7 Å². The minimum atomic E-state index is -4.19. The molecule has 1 aliphatic rings. The first-order valence-corrected chi connectivity index (χ1v) is 7.99. The summed E-state index contributed by atoms with van der Waals surface area (Å²) in [7, 11) is 0. The van der Waals surface area contributed by atoms with Crippen molar-refractivity contribution in [3.63, 3.8) is 0 Å². The summed E-state index contributed by atoms with van der Waals surface area (Å²) < 4.78 is 39.7. The summed E-state index contributed by atoms with van der Waals surface area (Å²) >= 11 is 5.88. The monoisotopic (exact) mass is 356 g/mol. The SMILES string of the molecule is Cc1nc([C@H]2C[C@@H](C(F)(F)F)C2)n(-c2ccc(Cl)cc2)c(=O)c1C. The Bertz CT molecular complexity index is 821. The van der Waals surface area contributed by atoms with Crippen LogP contribution in [0.4, 0.5) is 13.2 Å². The molecule has 24 heavy (non-hydrogen) atoms. The van der Waals surface area contributed by atoms with Gasteiger partial charge in [0.25, 0.3) is 5.56 Å². The van der Waals surface area contributed by atoms with Crippen LogP contribution < -0.4 is 5.56 Å². The Morgan fingerprint density at radius 1 is 1.17 bits per heavy atom. The quantitative estimate of drug-likeness (QED) is 0.790. The molecule has 0 amide bonds. The lowest BCUT2D eigenvalue weighted by molar-refractivity contribution is -0.198. The molecule has 0 aliphatic heterocycles. The van der Waals surface area contributed by atoms with Gasteiger partial charge < -0.3 is 0 Å². The topological polar surface area (TPSA) is 34.9 Å². The van der Waals surface area contributed by atoms with Gasteiger partial charge in [0.1, 0.15) is 5.82 Å². The molecule has 3 nitrogen and oxygen atoms in total. The zero-order chi connectivity index (χ0) is 17.6. The van der Waals surface area contributed by atoms with E-state index in [0.717, 1.165) is 0 Å². The fraction of sp³-hybridized carbons (Fsp3) is 0.412. The van der Waals surface area contributed by atoms with E-state index in [0.29, 0.717) is 27.8 Å². The van der Waals surface area contributed by atoms with Crippen molar-refractivity contribution >= 4 is 11.6 Å². The Kier molecular flexibility index (Phi) is 4.20. The number of aromatic nitrogens is 2. The second kappa shape index (κ2) is 5.92. The van der Waals surface area contributed by atoms with Crippen LogP contribution in [-0.2, 0) is 0 Å². The van der Waals surface area contributed by atoms with Crippen molar-refractivity contribution in [2.45, 2.75) is 38.8 Å². The highest BCUT2D eigenvalue weighted by Crippen LogP contribution is 2.49. The van der Waals surface area contributed by atoms with Gasteiger partial charge in [0.15, 0.2) is 0 Å². The highest BCUT2D eigenvalue weighted by molar-refractivity contribution is 6.30. The molecule has 2 aromatic rings. The molecule has 1 heterocycles. The largest absolute Gasteiger partial charge is 0.391 e. The second-order valence-electron chi connectivity index (χ2n) is 6.20. The molecular formula is C17H16ClF3N2O. The number of halogens is 4. The third-order valence-electron chi connectivity index (χ3n) is 4.63. The summed E-state index contributed by atoms with van der Waals surface area (Å²) in [6.07, 6.45) is -4.26. The van der Waals surface area contributed by atoms with E-state index in [4.69, 9.17) is 11.6 Å². The molecule has 0 N–H and O–H groups in total.